The number of rotatable bonds is 5. The minimum Gasteiger partial charge on any atom is -0.394 e. The first-order chi connectivity index (χ1) is 9.00. The van der Waals surface area contributed by atoms with Gasteiger partial charge in [0.2, 0.25) is 0 Å². The Morgan fingerprint density at radius 3 is 2.47 bits per heavy atom. The quantitative estimate of drug-likeness (QED) is 0.889. The molecule has 4 nitrogen and oxygen atoms in total. The van der Waals surface area contributed by atoms with E-state index < -0.39 is 0 Å². The minimum absolute atomic E-state index is 0.649. The van der Waals surface area contributed by atoms with E-state index in [1.807, 2.05) is 18.7 Å². The number of aryl methyl sites for hydroxylation is 2. The van der Waals surface area contributed by atoms with Crippen LogP contribution >= 0.6 is 0 Å². The molecule has 1 aliphatic rings. The van der Waals surface area contributed by atoms with Crippen molar-refractivity contribution in [1.82, 2.24) is 9.78 Å². The van der Waals surface area contributed by atoms with E-state index in [1.165, 1.54) is 32.1 Å². The van der Waals surface area contributed by atoms with Crippen LogP contribution in [0.2, 0.25) is 0 Å². The molecule has 0 atom stereocenters. The lowest BCUT2D eigenvalue weighted by atomic mass is 10.1. The summed E-state index contributed by atoms with van der Waals surface area (Å²) in [6.07, 6.45) is 6.49. The maximum Gasteiger partial charge on any atom is 0.150 e. The van der Waals surface area contributed by atoms with Crippen molar-refractivity contribution < 1.29 is 0 Å². The van der Waals surface area contributed by atoms with Crippen LogP contribution in [0.1, 0.15) is 51.6 Å². The number of aromatic nitrogens is 2. The van der Waals surface area contributed by atoms with Gasteiger partial charge in [-0.25, -0.2) is 0 Å². The largest absolute Gasteiger partial charge is 0.394 e. The Kier molecular flexibility index (Phi) is 4.38. The molecule has 0 bridgehead atoms. The fourth-order valence-electron chi connectivity index (χ4n) is 3.08. The molecule has 0 radical (unpaired) electrons. The summed E-state index contributed by atoms with van der Waals surface area (Å²) < 4.78 is 1.96. The van der Waals surface area contributed by atoms with Crippen LogP contribution in [-0.2, 0) is 7.05 Å². The van der Waals surface area contributed by atoms with Crippen molar-refractivity contribution in [2.24, 2.45) is 13.0 Å². The summed E-state index contributed by atoms with van der Waals surface area (Å²) in [6.45, 7) is 7.65. The zero-order valence-electron chi connectivity index (χ0n) is 12.8. The molecule has 108 valence electrons. The monoisotopic (exact) mass is 264 g/mol. The van der Waals surface area contributed by atoms with Crippen LogP contribution in [0, 0.1) is 12.8 Å². The summed E-state index contributed by atoms with van der Waals surface area (Å²) in [6, 6.07) is 0.649. The highest BCUT2D eigenvalue weighted by molar-refractivity contribution is 5.66. The number of anilines is 2. The maximum atomic E-state index is 6.25. The van der Waals surface area contributed by atoms with E-state index in [0.29, 0.717) is 6.04 Å². The predicted octanol–water partition coefficient (Wildman–Crippen LogP) is 3.11. The SMILES string of the molecule is Cc1nn(C)c(N(CCC(C)C)C2CCCC2)c1N. The first-order valence-electron chi connectivity index (χ1n) is 7.56. The van der Waals surface area contributed by atoms with Crippen LogP contribution < -0.4 is 10.6 Å². The third kappa shape index (κ3) is 3.04. The van der Waals surface area contributed by atoms with Crippen molar-refractivity contribution >= 4 is 11.5 Å². The first-order valence-corrected chi connectivity index (χ1v) is 7.56. The molecule has 1 heterocycles. The number of nitrogens with zero attached hydrogens (tertiary/aromatic N) is 3. The van der Waals surface area contributed by atoms with Gasteiger partial charge in [0.15, 0.2) is 5.82 Å². The van der Waals surface area contributed by atoms with E-state index >= 15 is 0 Å². The maximum absolute atomic E-state index is 6.25. The highest BCUT2D eigenvalue weighted by Gasteiger charge is 2.27. The molecule has 1 saturated carbocycles. The molecule has 0 amide bonds. The number of hydrogen-bond acceptors (Lipinski definition) is 3. The molecular weight excluding hydrogens is 236 g/mol. The lowest BCUT2D eigenvalue weighted by Gasteiger charge is -2.32. The second kappa shape index (κ2) is 5.85. The van der Waals surface area contributed by atoms with Crippen molar-refractivity contribution in [3.05, 3.63) is 5.69 Å². The van der Waals surface area contributed by atoms with Gasteiger partial charge in [0.05, 0.1) is 11.4 Å². The highest BCUT2D eigenvalue weighted by atomic mass is 15.4. The fourth-order valence-corrected chi connectivity index (χ4v) is 3.08. The Labute approximate surface area is 117 Å². The molecule has 2 rings (SSSR count). The van der Waals surface area contributed by atoms with Crippen LogP contribution in [0.25, 0.3) is 0 Å². The van der Waals surface area contributed by atoms with Crippen LogP contribution in [0.4, 0.5) is 11.5 Å². The van der Waals surface area contributed by atoms with Crippen LogP contribution in [-0.4, -0.2) is 22.4 Å². The Bertz CT molecular complexity index is 416. The molecule has 0 aromatic carbocycles. The molecule has 2 N–H and O–H groups in total. The molecule has 0 unspecified atom stereocenters. The summed E-state index contributed by atoms with van der Waals surface area (Å²) in [5.41, 5.74) is 8.06. The number of nitrogens with two attached hydrogens (primary N) is 1. The zero-order valence-corrected chi connectivity index (χ0v) is 12.8. The molecule has 1 fully saturated rings. The highest BCUT2D eigenvalue weighted by Crippen LogP contribution is 2.33. The molecule has 1 aromatic rings. The summed E-state index contributed by atoms with van der Waals surface area (Å²) >= 11 is 0. The van der Waals surface area contributed by atoms with E-state index in [0.717, 1.165) is 29.7 Å². The van der Waals surface area contributed by atoms with E-state index in [1.54, 1.807) is 0 Å². The van der Waals surface area contributed by atoms with E-state index in [4.69, 9.17) is 5.73 Å². The first kappa shape index (κ1) is 14.2. The minimum atomic E-state index is 0.649. The van der Waals surface area contributed by atoms with Crippen molar-refractivity contribution in [3.8, 4) is 0 Å². The summed E-state index contributed by atoms with van der Waals surface area (Å²) in [7, 11) is 2.01. The molecule has 4 heteroatoms. The van der Waals surface area contributed by atoms with Crippen molar-refractivity contribution in [3.63, 3.8) is 0 Å². The normalized spacial score (nSPS) is 16.5. The second-order valence-corrected chi connectivity index (χ2v) is 6.26. The zero-order chi connectivity index (χ0) is 14.0. The van der Waals surface area contributed by atoms with Gasteiger partial charge in [-0.1, -0.05) is 26.7 Å². The molecular formula is C15H28N4. The topological polar surface area (TPSA) is 47.1 Å². The van der Waals surface area contributed by atoms with Gasteiger partial charge in [-0.05, 0) is 32.1 Å². The number of hydrogen-bond donors (Lipinski definition) is 1. The Morgan fingerprint density at radius 1 is 1.37 bits per heavy atom. The summed E-state index contributed by atoms with van der Waals surface area (Å²) in [4.78, 5) is 2.52. The Morgan fingerprint density at radius 2 is 2.00 bits per heavy atom. The smallest absolute Gasteiger partial charge is 0.150 e. The van der Waals surface area contributed by atoms with Gasteiger partial charge >= 0.3 is 0 Å². The van der Waals surface area contributed by atoms with Crippen LogP contribution in [0.15, 0.2) is 0 Å². The third-order valence-electron chi connectivity index (χ3n) is 4.22. The van der Waals surface area contributed by atoms with Gasteiger partial charge in [0.25, 0.3) is 0 Å². The molecule has 1 aliphatic carbocycles. The van der Waals surface area contributed by atoms with Gasteiger partial charge in [-0.2, -0.15) is 5.10 Å². The third-order valence-corrected chi connectivity index (χ3v) is 4.22. The molecule has 0 aliphatic heterocycles. The van der Waals surface area contributed by atoms with Crippen molar-refractivity contribution in [1.29, 1.82) is 0 Å². The lowest BCUT2D eigenvalue weighted by Crippen LogP contribution is -2.36. The second-order valence-electron chi connectivity index (χ2n) is 6.26. The van der Waals surface area contributed by atoms with E-state index in [9.17, 15) is 0 Å². The van der Waals surface area contributed by atoms with Gasteiger partial charge in [-0.15, -0.1) is 0 Å². The van der Waals surface area contributed by atoms with E-state index in [-0.39, 0.29) is 0 Å². The Balaban J connectivity index is 2.24. The summed E-state index contributed by atoms with van der Waals surface area (Å²) in [5, 5.41) is 4.48. The van der Waals surface area contributed by atoms with Gasteiger partial charge in [0, 0.05) is 19.6 Å². The fraction of sp³-hybridized carbons (Fsp3) is 0.800. The molecule has 1 aromatic heterocycles. The van der Waals surface area contributed by atoms with Gasteiger partial charge in [0.1, 0.15) is 0 Å². The van der Waals surface area contributed by atoms with Gasteiger partial charge < -0.3 is 10.6 Å². The summed E-state index contributed by atoms with van der Waals surface area (Å²) in [5.74, 6) is 1.85. The average molecular weight is 264 g/mol. The molecule has 19 heavy (non-hydrogen) atoms. The van der Waals surface area contributed by atoms with E-state index in [2.05, 4.69) is 23.8 Å². The lowest BCUT2D eigenvalue weighted by molar-refractivity contribution is 0.517. The molecule has 0 spiro atoms. The van der Waals surface area contributed by atoms with Gasteiger partial charge in [-0.3, -0.25) is 4.68 Å². The van der Waals surface area contributed by atoms with Crippen molar-refractivity contribution in [2.45, 2.75) is 58.9 Å². The van der Waals surface area contributed by atoms with Crippen LogP contribution in [0.5, 0.6) is 0 Å². The Hall–Kier alpha value is -1.19. The predicted molar refractivity (Wildman–Crippen MR) is 81.4 cm³/mol. The molecule has 0 saturated heterocycles. The van der Waals surface area contributed by atoms with Crippen LogP contribution in [0.3, 0.4) is 0 Å². The standard InChI is InChI=1S/C15H28N4/c1-11(2)9-10-19(13-7-5-6-8-13)15-14(16)12(3)17-18(15)4/h11,13H,5-10,16H2,1-4H3. The average Bonchev–Trinajstić information content (AvgIpc) is 2.93. The van der Waals surface area contributed by atoms with Crippen molar-refractivity contribution in [2.75, 3.05) is 17.2 Å². The number of nitrogen functional groups attached to an aromatic ring is 1.